The summed E-state index contributed by atoms with van der Waals surface area (Å²) in [6.45, 7) is 12.5. The van der Waals surface area contributed by atoms with Crippen LogP contribution in [0.4, 0.5) is 0 Å². The zero-order chi connectivity index (χ0) is 12.5. The smallest absolute Gasteiger partial charge is 0.101 e. The summed E-state index contributed by atoms with van der Waals surface area (Å²) < 4.78 is 0. The Morgan fingerprint density at radius 3 is 2.00 bits per heavy atom. The van der Waals surface area contributed by atoms with E-state index in [-0.39, 0.29) is 0 Å². The summed E-state index contributed by atoms with van der Waals surface area (Å²) in [6.07, 6.45) is 0. The highest BCUT2D eigenvalue weighted by Gasteiger charge is 2.19. The lowest BCUT2D eigenvalue weighted by molar-refractivity contribution is 0.777. The highest BCUT2D eigenvalue weighted by molar-refractivity contribution is 5.49. The van der Waals surface area contributed by atoms with Crippen LogP contribution in [0, 0.1) is 25.2 Å². The lowest BCUT2D eigenvalue weighted by Gasteiger charge is -2.18. The molecule has 0 aliphatic heterocycles. The number of aromatic nitrogens is 1. The van der Waals surface area contributed by atoms with Crippen molar-refractivity contribution >= 4 is 0 Å². The molecule has 86 valence electrons. The van der Waals surface area contributed by atoms with Crippen LogP contribution in [-0.2, 0) is 0 Å². The quantitative estimate of drug-likeness (QED) is 0.753. The third-order valence-electron chi connectivity index (χ3n) is 3.00. The van der Waals surface area contributed by atoms with Gasteiger partial charge in [0.25, 0.3) is 0 Å². The molecule has 0 saturated heterocycles. The molecule has 0 saturated carbocycles. The van der Waals surface area contributed by atoms with Crippen LogP contribution < -0.4 is 0 Å². The van der Waals surface area contributed by atoms with Crippen LogP contribution in [0.5, 0.6) is 0 Å². The van der Waals surface area contributed by atoms with Crippen LogP contribution in [0.15, 0.2) is 0 Å². The molecule has 0 spiro atoms. The van der Waals surface area contributed by atoms with E-state index in [1.807, 2.05) is 6.92 Å². The van der Waals surface area contributed by atoms with Gasteiger partial charge < -0.3 is 0 Å². The monoisotopic (exact) mass is 216 g/mol. The standard InChI is InChI=1S/C14H20N2/c1-8(2)13-10(5)11(6)16-14(9(3)4)12(13)7-15/h8-9H,1-6H3. The molecule has 16 heavy (non-hydrogen) atoms. The van der Waals surface area contributed by atoms with Crippen LogP contribution in [0.2, 0.25) is 0 Å². The highest BCUT2D eigenvalue weighted by Crippen LogP contribution is 2.29. The fourth-order valence-electron chi connectivity index (χ4n) is 2.10. The van der Waals surface area contributed by atoms with E-state index in [1.54, 1.807) is 0 Å². The summed E-state index contributed by atoms with van der Waals surface area (Å²) in [5, 5.41) is 9.32. The van der Waals surface area contributed by atoms with Crippen molar-refractivity contribution in [3.63, 3.8) is 0 Å². The van der Waals surface area contributed by atoms with Gasteiger partial charge in [-0.2, -0.15) is 5.26 Å². The highest BCUT2D eigenvalue weighted by atomic mass is 14.7. The molecule has 2 nitrogen and oxygen atoms in total. The van der Waals surface area contributed by atoms with Gasteiger partial charge >= 0.3 is 0 Å². The molecule has 0 bridgehead atoms. The first-order valence-electron chi connectivity index (χ1n) is 5.81. The second kappa shape index (κ2) is 4.65. The molecule has 0 unspecified atom stereocenters. The summed E-state index contributed by atoms with van der Waals surface area (Å²) in [7, 11) is 0. The van der Waals surface area contributed by atoms with Gasteiger partial charge in [-0.3, -0.25) is 4.98 Å². The van der Waals surface area contributed by atoms with Gasteiger partial charge in [0.1, 0.15) is 6.07 Å². The predicted octanol–water partition coefficient (Wildman–Crippen LogP) is 3.82. The molecule has 0 amide bonds. The van der Waals surface area contributed by atoms with Gasteiger partial charge in [-0.05, 0) is 36.8 Å². The van der Waals surface area contributed by atoms with Crippen molar-refractivity contribution in [1.82, 2.24) is 4.98 Å². The molecule has 0 aliphatic rings. The summed E-state index contributed by atoms with van der Waals surface area (Å²) in [5.74, 6) is 0.667. The third-order valence-corrected chi connectivity index (χ3v) is 3.00. The molecule has 1 rings (SSSR count). The van der Waals surface area contributed by atoms with E-state index in [9.17, 15) is 5.26 Å². The first kappa shape index (κ1) is 12.7. The summed E-state index contributed by atoms with van der Waals surface area (Å²) in [5.41, 5.74) is 5.10. The zero-order valence-electron chi connectivity index (χ0n) is 11.0. The average Bonchev–Trinajstić information content (AvgIpc) is 2.20. The van der Waals surface area contributed by atoms with Crippen molar-refractivity contribution in [1.29, 1.82) is 5.26 Å². The maximum absolute atomic E-state index is 9.32. The predicted molar refractivity (Wildman–Crippen MR) is 66.6 cm³/mol. The second-order valence-electron chi connectivity index (χ2n) is 4.92. The molecule has 1 aromatic heterocycles. The van der Waals surface area contributed by atoms with Crippen LogP contribution in [-0.4, -0.2) is 4.98 Å². The van der Waals surface area contributed by atoms with Crippen molar-refractivity contribution in [3.05, 3.63) is 28.1 Å². The Labute approximate surface area is 98.3 Å². The number of pyridine rings is 1. The summed E-state index contributed by atoms with van der Waals surface area (Å²) >= 11 is 0. The first-order valence-corrected chi connectivity index (χ1v) is 5.81. The minimum atomic E-state index is 0.298. The van der Waals surface area contributed by atoms with Crippen LogP contribution >= 0.6 is 0 Å². The lowest BCUT2D eigenvalue weighted by Crippen LogP contribution is -2.08. The number of aryl methyl sites for hydroxylation is 1. The summed E-state index contributed by atoms with van der Waals surface area (Å²) in [6, 6.07) is 2.33. The maximum atomic E-state index is 9.32. The minimum Gasteiger partial charge on any atom is -0.256 e. The molecule has 0 N–H and O–H groups in total. The Bertz CT molecular complexity index is 437. The molecule has 0 atom stereocenters. The van der Waals surface area contributed by atoms with Gasteiger partial charge in [-0.25, -0.2) is 0 Å². The second-order valence-corrected chi connectivity index (χ2v) is 4.92. The van der Waals surface area contributed by atoms with Crippen molar-refractivity contribution in [2.45, 2.75) is 53.4 Å². The first-order chi connectivity index (χ1) is 7.40. The third kappa shape index (κ3) is 2.09. The Hall–Kier alpha value is -1.36. The Kier molecular flexibility index (Phi) is 3.70. The van der Waals surface area contributed by atoms with Crippen LogP contribution in [0.25, 0.3) is 0 Å². The van der Waals surface area contributed by atoms with E-state index >= 15 is 0 Å². The Morgan fingerprint density at radius 2 is 1.62 bits per heavy atom. The lowest BCUT2D eigenvalue weighted by atomic mass is 9.89. The molecule has 1 heterocycles. The van der Waals surface area contributed by atoms with Crippen LogP contribution in [0.1, 0.15) is 67.6 Å². The zero-order valence-corrected chi connectivity index (χ0v) is 11.0. The van der Waals surface area contributed by atoms with Gasteiger partial charge in [0, 0.05) is 5.69 Å². The fourth-order valence-corrected chi connectivity index (χ4v) is 2.10. The maximum Gasteiger partial charge on any atom is 0.101 e. The van der Waals surface area contributed by atoms with E-state index in [1.165, 1.54) is 5.56 Å². The van der Waals surface area contributed by atoms with Gasteiger partial charge in [-0.1, -0.05) is 27.7 Å². The van der Waals surface area contributed by atoms with Crippen molar-refractivity contribution in [2.75, 3.05) is 0 Å². The number of nitriles is 1. The van der Waals surface area contributed by atoms with Gasteiger partial charge in [0.15, 0.2) is 0 Å². The number of nitrogens with zero attached hydrogens (tertiary/aromatic N) is 2. The van der Waals surface area contributed by atoms with E-state index in [4.69, 9.17) is 0 Å². The molecule has 2 heteroatoms. The van der Waals surface area contributed by atoms with E-state index in [2.05, 4.69) is 45.7 Å². The number of rotatable bonds is 2. The van der Waals surface area contributed by atoms with Crippen molar-refractivity contribution < 1.29 is 0 Å². The average molecular weight is 216 g/mol. The van der Waals surface area contributed by atoms with E-state index in [0.717, 1.165) is 22.5 Å². The molecule has 0 aliphatic carbocycles. The van der Waals surface area contributed by atoms with Crippen LogP contribution in [0.3, 0.4) is 0 Å². The van der Waals surface area contributed by atoms with Crippen molar-refractivity contribution in [2.24, 2.45) is 0 Å². The minimum absolute atomic E-state index is 0.298. The Balaban J connectivity index is 3.64. The van der Waals surface area contributed by atoms with E-state index < -0.39 is 0 Å². The fraction of sp³-hybridized carbons (Fsp3) is 0.571. The summed E-state index contributed by atoms with van der Waals surface area (Å²) in [4.78, 5) is 4.56. The molecule has 0 radical (unpaired) electrons. The molecular formula is C14H20N2. The largest absolute Gasteiger partial charge is 0.256 e. The van der Waals surface area contributed by atoms with Gasteiger partial charge in [0.05, 0.1) is 11.3 Å². The molecule has 0 aromatic carbocycles. The molecular weight excluding hydrogens is 196 g/mol. The SMILES string of the molecule is Cc1nc(C(C)C)c(C#N)c(C(C)C)c1C. The van der Waals surface area contributed by atoms with Crippen molar-refractivity contribution in [3.8, 4) is 6.07 Å². The topological polar surface area (TPSA) is 36.7 Å². The van der Waals surface area contributed by atoms with E-state index in [0.29, 0.717) is 11.8 Å². The Morgan fingerprint density at radius 1 is 1.06 bits per heavy atom. The molecule has 1 aromatic rings. The number of hydrogen-bond donors (Lipinski definition) is 0. The molecule has 0 fully saturated rings. The normalized spacial score (nSPS) is 10.9. The van der Waals surface area contributed by atoms with Gasteiger partial charge in [-0.15, -0.1) is 0 Å². The van der Waals surface area contributed by atoms with Gasteiger partial charge in [0.2, 0.25) is 0 Å². The number of hydrogen-bond acceptors (Lipinski definition) is 2.